The summed E-state index contributed by atoms with van der Waals surface area (Å²) in [7, 11) is -4.17. The zero-order valence-corrected chi connectivity index (χ0v) is 16.9. The molecule has 0 fully saturated rings. The first-order valence-electron chi connectivity index (χ1n) is 9.20. The van der Waals surface area contributed by atoms with Crippen LogP contribution in [-0.2, 0) is 12.4 Å². The zero-order valence-electron chi connectivity index (χ0n) is 16.0. The monoisotopic (exact) mass is 469 g/mol. The number of nitrogens with one attached hydrogen (secondary N) is 1. The molecule has 32 heavy (non-hydrogen) atoms. The van der Waals surface area contributed by atoms with Gasteiger partial charge in [0, 0.05) is 11.1 Å². The Balaban J connectivity index is 1.93. The molecule has 0 aromatic heterocycles. The smallest absolute Gasteiger partial charge is 0.416 e. The van der Waals surface area contributed by atoms with E-state index < -0.39 is 36.9 Å². The molecule has 4 rings (SSSR count). The van der Waals surface area contributed by atoms with Crippen LogP contribution < -0.4 is 14.5 Å². The summed E-state index contributed by atoms with van der Waals surface area (Å²) in [5.41, 5.74) is -2.70. The first kappa shape index (κ1) is 22.2. The molecule has 1 unspecified atom stereocenters. The van der Waals surface area contributed by atoms with E-state index in [1.165, 1.54) is 18.2 Å². The van der Waals surface area contributed by atoms with Crippen molar-refractivity contribution in [3.05, 3.63) is 95.1 Å². The lowest BCUT2D eigenvalue weighted by atomic mass is 10.0. The van der Waals surface area contributed by atoms with Gasteiger partial charge in [0.1, 0.15) is 0 Å². The van der Waals surface area contributed by atoms with Crippen molar-refractivity contribution >= 4 is 24.9 Å². The lowest BCUT2D eigenvalue weighted by Gasteiger charge is -2.35. The minimum Gasteiger partial charge on any atom is -0.625 e. The molecule has 3 aromatic carbocycles. The second-order valence-corrected chi connectivity index (χ2v) is 8.97. The van der Waals surface area contributed by atoms with Crippen molar-refractivity contribution in [3.63, 3.8) is 0 Å². The van der Waals surface area contributed by atoms with Crippen LogP contribution in [0.2, 0.25) is 0 Å². The Kier molecular flexibility index (Phi) is 5.43. The quantitative estimate of drug-likeness (QED) is 0.337. The lowest BCUT2D eigenvalue weighted by molar-refractivity contribution is -0.179. The van der Waals surface area contributed by atoms with Crippen LogP contribution in [0.4, 0.5) is 32.0 Å². The molecule has 0 amide bonds. The highest BCUT2D eigenvalue weighted by Gasteiger charge is 2.44. The van der Waals surface area contributed by atoms with Gasteiger partial charge in [0.2, 0.25) is 0 Å². The molecule has 0 saturated heterocycles. The van der Waals surface area contributed by atoms with Gasteiger partial charge in [-0.15, -0.1) is 0 Å². The molecule has 0 saturated carbocycles. The lowest BCUT2D eigenvalue weighted by Crippen LogP contribution is -2.26. The Bertz CT molecular complexity index is 1140. The van der Waals surface area contributed by atoms with Gasteiger partial charge in [-0.2, -0.15) is 26.3 Å². The van der Waals surface area contributed by atoms with Gasteiger partial charge < -0.3 is 9.42 Å². The van der Waals surface area contributed by atoms with Crippen LogP contribution in [-0.4, -0.2) is 0 Å². The van der Waals surface area contributed by atoms with Crippen LogP contribution >= 0.6 is 7.87 Å². The van der Waals surface area contributed by atoms with Gasteiger partial charge in [-0.25, -0.2) is 5.09 Å². The van der Waals surface area contributed by atoms with Crippen LogP contribution in [0.15, 0.2) is 72.8 Å². The number of anilines is 1. The van der Waals surface area contributed by atoms with Crippen LogP contribution in [0, 0.1) is 0 Å². The number of para-hydroxylation sites is 2. The van der Waals surface area contributed by atoms with E-state index in [9.17, 15) is 31.2 Å². The van der Waals surface area contributed by atoms with Gasteiger partial charge in [0.25, 0.3) is 7.87 Å². The standard InChI is InChI=1S/C22H14F6NO2P/c23-21(24,25)16-10-15(11-17(13-16)22(26,27)28)20-12-14-6-4-5-9-19(14)29-32(20,30)31-18-7-2-1-3-8-18/h1-13H,(H,29,30). The van der Waals surface area contributed by atoms with Crippen molar-refractivity contribution in [3.8, 4) is 5.75 Å². The number of fused-ring (bicyclic) bond motifs is 1. The molecule has 0 bridgehead atoms. The van der Waals surface area contributed by atoms with Gasteiger partial charge in [0.15, 0.2) is 11.1 Å². The average molecular weight is 469 g/mol. The average Bonchev–Trinajstić information content (AvgIpc) is 2.72. The maximum absolute atomic E-state index is 13.9. The van der Waals surface area contributed by atoms with Crippen LogP contribution in [0.1, 0.15) is 22.3 Å². The minimum absolute atomic E-state index is 0.0250. The third-order valence-electron chi connectivity index (χ3n) is 4.70. The zero-order chi connectivity index (χ0) is 23.1. The summed E-state index contributed by atoms with van der Waals surface area (Å²) in [5.74, 6) is 0.136. The first-order valence-corrected chi connectivity index (χ1v) is 10.8. The highest BCUT2D eigenvalue weighted by atomic mass is 31.2. The Morgan fingerprint density at radius 1 is 0.750 bits per heavy atom. The van der Waals surface area contributed by atoms with E-state index in [-0.39, 0.29) is 17.1 Å². The van der Waals surface area contributed by atoms with Crippen LogP contribution in [0.5, 0.6) is 5.75 Å². The fraction of sp³-hybridized carbons (Fsp3) is 0.0909. The number of alkyl halides is 6. The maximum atomic E-state index is 13.9. The molecular formula is C22H14F6NO2P. The summed E-state index contributed by atoms with van der Waals surface area (Å²) in [6.45, 7) is 0. The van der Waals surface area contributed by atoms with Crippen molar-refractivity contribution in [2.45, 2.75) is 12.4 Å². The molecule has 0 radical (unpaired) electrons. The number of hydrogen-bond acceptors (Lipinski definition) is 3. The van der Waals surface area contributed by atoms with Gasteiger partial charge in [0.05, 0.1) is 16.8 Å². The van der Waals surface area contributed by atoms with Crippen molar-refractivity contribution in [1.29, 1.82) is 0 Å². The van der Waals surface area contributed by atoms with E-state index in [1.54, 1.807) is 42.5 Å². The van der Waals surface area contributed by atoms with Gasteiger partial charge in [-0.05, 0) is 42.5 Å². The summed E-state index contributed by atoms with van der Waals surface area (Å²) in [6.07, 6.45) is -8.80. The van der Waals surface area contributed by atoms with E-state index in [4.69, 9.17) is 4.52 Å². The van der Waals surface area contributed by atoms with E-state index in [2.05, 4.69) is 5.09 Å². The molecule has 0 spiro atoms. The summed E-state index contributed by atoms with van der Waals surface area (Å²) >= 11 is 0. The number of rotatable bonds is 3. The predicted octanol–water partition coefficient (Wildman–Crippen LogP) is 6.85. The van der Waals surface area contributed by atoms with E-state index in [0.717, 1.165) is 0 Å². The van der Waals surface area contributed by atoms with Crippen molar-refractivity contribution in [2.24, 2.45) is 0 Å². The second-order valence-electron chi connectivity index (χ2n) is 6.98. The molecule has 1 aliphatic heterocycles. The highest BCUT2D eigenvalue weighted by molar-refractivity contribution is 7.76. The fourth-order valence-corrected chi connectivity index (χ4v) is 5.22. The molecule has 1 atom stereocenters. The van der Waals surface area contributed by atoms with Crippen molar-refractivity contribution in [1.82, 2.24) is 0 Å². The Hall–Kier alpha value is -3.03. The molecular weight excluding hydrogens is 455 g/mol. The summed E-state index contributed by atoms with van der Waals surface area (Å²) < 4.78 is 85.9. The molecule has 166 valence electrons. The summed E-state index contributed by atoms with van der Waals surface area (Å²) in [4.78, 5) is 13.9. The second kappa shape index (κ2) is 7.83. The topological polar surface area (TPSA) is 44.3 Å². The molecule has 1 N–H and O–H groups in total. The maximum Gasteiger partial charge on any atom is 0.416 e. The Morgan fingerprint density at radius 2 is 1.31 bits per heavy atom. The van der Waals surface area contributed by atoms with E-state index in [0.29, 0.717) is 23.4 Å². The fourth-order valence-electron chi connectivity index (χ4n) is 3.23. The van der Waals surface area contributed by atoms with E-state index in [1.807, 2.05) is 0 Å². The Morgan fingerprint density at radius 3 is 1.91 bits per heavy atom. The molecule has 3 aromatic rings. The first-order chi connectivity index (χ1) is 15.0. The summed E-state index contributed by atoms with van der Waals surface area (Å²) in [6, 6.07) is 15.4. The Labute approximate surface area is 179 Å². The molecule has 0 aliphatic carbocycles. The van der Waals surface area contributed by atoms with Gasteiger partial charge >= 0.3 is 12.4 Å². The third kappa shape index (κ3) is 4.45. The SMILES string of the molecule is [O-][P+]1(Oc2ccccc2)Nc2ccccc2C=C1c1cc(C(F)(F)F)cc(C(F)(F)F)c1. The number of benzene rings is 3. The largest absolute Gasteiger partial charge is 0.625 e. The van der Waals surface area contributed by atoms with Crippen LogP contribution in [0.3, 0.4) is 0 Å². The third-order valence-corrected chi connectivity index (χ3v) is 6.72. The van der Waals surface area contributed by atoms with E-state index >= 15 is 0 Å². The van der Waals surface area contributed by atoms with Gasteiger partial charge in [-0.1, -0.05) is 36.4 Å². The number of hydrogen-bond donors (Lipinski definition) is 1. The van der Waals surface area contributed by atoms with Crippen LogP contribution in [0.25, 0.3) is 11.4 Å². The van der Waals surface area contributed by atoms with Gasteiger partial charge in [-0.3, -0.25) is 0 Å². The normalized spacial score (nSPS) is 18.4. The summed E-state index contributed by atoms with van der Waals surface area (Å²) in [5, 5.41) is 2.38. The van der Waals surface area contributed by atoms with Crippen molar-refractivity contribution < 1.29 is 35.8 Å². The molecule has 10 heteroatoms. The van der Waals surface area contributed by atoms with Crippen molar-refractivity contribution in [2.75, 3.05) is 5.09 Å². The minimum atomic E-state index is -5.04. The molecule has 3 nitrogen and oxygen atoms in total. The highest BCUT2D eigenvalue weighted by Crippen LogP contribution is 2.65. The predicted molar refractivity (Wildman–Crippen MR) is 108 cm³/mol. The molecule has 1 aliphatic rings. The molecule has 1 heterocycles. The number of halogens is 6.